The van der Waals surface area contributed by atoms with Crippen LogP contribution in [0.3, 0.4) is 0 Å². The van der Waals surface area contributed by atoms with Gasteiger partial charge in [0.1, 0.15) is 23.8 Å². The smallest absolute Gasteiger partial charge is 0.140 e. The molecule has 0 amide bonds. The van der Waals surface area contributed by atoms with Gasteiger partial charge in [-0.25, -0.2) is 9.97 Å². The molecule has 0 saturated heterocycles. The molecule has 0 atom stereocenters. The lowest BCUT2D eigenvalue weighted by atomic mass is 10.2. The van der Waals surface area contributed by atoms with E-state index >= 15 is 0 Å². The van der Waals surface area contributed by atoms with Crippen LogP contribution in [-0.2, 0) is 6.61 Å². The van der Waals surface area contributed by atoms with Gasteiger partial charge >= 0.3 is 0 Å². The molecule has 0 fully saturated rings. The first-order valence-electron chi connectivity index (χ1n) is 5.90. The van der Waals surface area contributed by atoms with Crippen molar-refractivity contribution in [3.05, 3.63) is 65.6 Å². The summed E-state index contributed by atoms with van der Waals surface area (Å²) >= 11 is 5.99. The molecule has 0 bridgehead atoms. The van der Waals surface area contributed by atoms with Crippen LogP contribution in [0.5, 0.6) is 5.75 Å². The first-order valence-corrected chi connectivity index (χ1v) is 6.28. The van der Waals surface area contributed by atoms with Crippen molar-refractivity contribution in [1.29, 1.82) is 0 Å². The third-order valence-corrected chi connectivity index (χ3v) is 3.11. The predicted octanol–water partition coefficient (Wildman–Crippen LogP) is 4.28. The fourth-order valence-electron chi connectivity index (χ4n) is 1.83. The third kappa shape index (κ3) is 3.18. The molecular formula is C15H12Cl2N2O. The van der Waals surface area contributed by atoms with E-state index in [4.69, 9.17) is 16.3 Å². The van der Waals surface area contributed by atoms with E-state index in [9.17, 15) is 0 Å². The number of benzene rings is 2. The van der Waals surface area contributed by atoms with Gasteiger partial charge in [0.2, 0.25) is 0 Å². The van der Waals surface area contributed by atoms with Crippen molar-refractivity contribution in [3.63, 3.8) is 0 Å². The summed E-state index contributed by atoms with van der Waals surface area (Å²) in [5.74, 6) is 0.770. The van der Waals surface area contributed by atoms with Gasteiger partial charge in [0.05, 0.1) is 5.52 Å². The minimum Gasteiger partial charge on any atom is -0.489 e. The van der Waals surface area contributed by atoms with Gasteiger partial charge in [0.15, 0.2) is 0 Å². The summed E-state index contributed by atoms with van der Waals surface area (Å²) in [6.45, 7) is 0.533. The molecule has 102 valence electrons. The Kier molecular flexibility index (Phi) is 4.77. The van der Waals surface area contributed by atoms with E-state index in [0.717, 1.165) is 22.2 Å². The molecule has 0 radical (unpaired) electrons. The number of halogens is 2. The first kappa shape index (κ1) is 14.6. The van der Waals surface area contributed by atoms with Crippen molar-refractivity contribution < 1.29 is 4.74 Å². The highest BCUT2D eigenvalue weighted by Gasteiger charge is 2.03. The van der Waals surface area contributed by atoms with Crippen LogP contribution in [0.4, 0.5) is 0 Å². The standard InChI is InChI=1S/C15H11ClN2O.ClH/c16-15-13-7-6-12(8-14(13)17-10-18-15)19-9-11-4-2-1-3-5-11;/h1-8,10H,9H2;1H. The molecule has 0 saturated carbocycles. The molecule has 3 nitrogen and oxygen atoms in total. The van der Waals surface area contributed by atoms with Crippen LogP contribution in [0.15, 0.2) is 54.9 Å². The van der Waals surface area contributed by atoms with Crippen molar-refractivity contribution in [3.8, 4) is 5.75 Å². The molecular weight excluding hydrogens is 295 g/mol. The van der Waals surface area contributed by atoms with E-state index in [0.29, 0.717) is 11.8 Å². The molecule has 0 N–H and O–H groups in total. The highest BCUT2D eigenvalue weighted by Crippen LogP contribution is 2.24. The number of hydrogen-bond donors (Lipinski definition) is 0. The molecule has 0 aliphatic heterocycles. The van der Waals surface area contributed by atoms with Crippen molar-refractivity contribution in [1.82, 2.24) is 9.97 Å². The lowest BCUT2D eigenvalue weighted by Crippen LogP contribution is -1.95. The van der Waals surface area contributed by atoms with E-state index in [1.807, 2.05) is 48.5 Å². The van der Waals surface area contributed by atoms with Gasteiger partial charge in [0, 0.05) is 11.5 Å². The lowest BCUT2D eigenvalue weighted by Gasteiger charge is -2.07. The Balaban J connectivity index is 0.00000147. The molecule has 2 aromatic carbocycles. The van der Waals surface area contributed by atoms with Gasteiger partial charge in [-0.15, -0.1) is 12.4 Å². The normalized spacial score (nSPS) is 10.1. The molecule has 1 aromatic heterocycles. The van der Waals surface area contributed by atoms with E-state index in [1.54, 1.807) is 0 Å². The second kappa shape index (κ2) is 6.55. The van der Waals surface area contributed by atoms with E-state index in [-0.39, 0.29) is 12.4 Å². The molecule has 5 heteroatoms. The maximum Gasteiger partial charge on any atom is 0.140 e. The molecule has 0 unspecified atom stereocenters. The Bertz CT molecular complexity index is 705. The fourth-order valence-corrected chi connectivity index (χ4v) is 2.04. The van der Waals surface area contributed by atoms with Crippen LogP contribution >= 0.6 is 24.0 Å². The highest BCUT2D eigenvalue weighted by atomic mass is 35.5. The summed E-state index contributed by atoms with van der Waals surface area (Å²) in [6, 6.07) is 15.6. The number of hydrogen-bond acceptors (Lipinski definition) is 3. The molecule has 1 heterocycles. The maximum absolute atomic E-state index is 5.99. The second-order valence-electron chi connectivity index (χ2n) is 4.12. The topological polar surface area (TPSA) is 35.0 Å². The van der Waals surface area contributed by atoms with Gasteiger partial charge < -0.3 is 4.74 Å². The maximum atomic E-state index is 5.99. The monoisotopic (exact) mass is 306 g/mol. The quantitative estimate of drug-likeness (QED) is 0.677. The highest BCUT2D eigenvalue weighted by molar-refractivity contribution is 6.34. The average molecular weight is 307 g/mol. The zero-order valence-corrected chi connectivity index (χ0v) is 12.1. The third-order valence-electron chi connectivity index (χ3n) is 2.81. The Labute approximate surface area is 128 Å². The van der Waals surface area contributed by atoms with Crippen LogP contribution in [0, 0.1) is 0 Å². The Hall–Kier alpha value is -1.84. The zero-order valence-electron chi connectivity index (χ0n) is 10.5. The van der Waals surface area contributed by atoms with Crippen LogP contribution in [0.1, 0.15) is 5.56 Å². The van der Waals surface area contributed by atoms with Gasteiger partial charge in [-0.2, -0.15) is 0 Å². The van der Waals surface area contributed by atoms with Crippen molar-refractivity contribution in [2.24, 2.45) is 0 Å². The summed E-state index contributed by atoms with van der Waals surface area (Å²) in [5.41, 5.74) is 1.91. The van der Waals surface area contributed by atoms with Crippen LogP contribution < -0.4 is 4.74 Å². The number of aromatic nitrogens is 2. The zero-order chi connectivity index (χ0) is 13.1. The fraction of sp³-hybridized carbons (Fsp3) is 0.0667. The first-order chi connectivity index (χ1) is 9.33. The van der Waals surface area contributed by atoms with Gasteiger partial charge in [-0.1, -0.05) is 41.9 Å². The van der Waals surface area contributed by atoms with Crippen molar-refractivity contribution in [2.75, 3.05) is 0 Å². The second-order valence-corrected chi connectivity index (χ2v) is 4.48. The van der Waals surface area contributed by atoms with E-state index in [2.05, 4.69) is 9.97 Å². The summed E-state index contributed by atoms with van der Waals surface area (Å²) < 4.78 is 5.74. The van der Waals surface area contributed by atoms with Gasteiger partial charge in [0.25, 0.3) is 0 Å². The Morgan fingerprint density at radius 3 is 2.60 bits per heavy atom. The van der Waals surface area contributed by atoms with Crippen molar-refractivity contribution in [2.45, 2.75) is 6.61 Å². The number of nitrogens with zero attached hydrogens (tertiary/aromatic N) is 2. The number of fused-ring (bicyclic) bond motifs is 1. The summed E-state index contributed by atoms with van der Waals surface area (Å²) in [7, 11) is 0. The SMILES string of the molecule is Cl.Clc1ncnc2cc(OCc3ccccc3)ccc12. The van der Waals surface area contributed by atoms with Crippen LogP contribution in [-0.4, -0.2) is 9.97 Å². The predicted molar refractivity (Wildman–Crippen MR) is 82.6 cm³/mol. The lowest BCUT2D eigenvalue weighted by molar-refractivity contribution is 0.306. The van der Waals surface area contributed by atoms with Crippen molar-refractivity contribution >= 4 is 34.9 Å². The number of rotatable bonds is 3. The minimum atomic E-state index is 0. The molecule has 0 aliphatic rings. The van der Waals surface area contributed by atoms with Gasteiger partial charge in [-0.3, -0.25) is 0 Å². The number of ether oxygens (including phenoxy) is 1. The molecule has 3 rings (SSSR count). The molecule has 0 aliphatic carbocycles. The van der Waals surface area contributed by atoms with Gasteiger partial charge in [-0.05, 0) is 17.7 Å². The summed E-state index contributed by atoms with van der Waals surface area (Å²) in [5, 5.41) is 1.29. The molecule has 20 heavy (non-hydrogen) atoms. The molecule has 3 aromatic rings. The summed E-state index contributed by atoms with van der Waals surface area (Å²) in [4.78, 5) is 8.13. The molecule has 0 spiro atoms. The summed E-state index contributed by atoms with van der Waals surface area (Å²) in [6.07, 6.45) is 1.45. The van der Waals surface area contributed by atoms with E-state index in [1.165, 1.54) is 6.33 Å². The Morgan fingerprint density at radius 2 is 1.80 bits per heavy atom. The van der Waals surface area contributed by atoms with Crippen LogP contribution in [0.2, 0.25) is 5.15 Å². The largest absolute Gasteiger partial charge is 0.489 e. The van der Waals surface area contributed by atoms with E-state index < -0.39 is 0 Å². The Morgan fingerprint density at radius 1 is 1.00 bits per heavy atom. The minimum absolute atomic E-state index is 0. The average Bonchev–Trinajstić information content (AvgIpc) is 2.46. The van der Waals surface area contributed by atoms with Crippen LogP contribution in [0.25, 0.3) is 10.9 Å².